The molecule has 1 aliphatic carbocycles. The molecule has 3 aromatic rings. The van der Waals surface area contributed by atoms with Crippen molar-refractivity contribution in [3.05, 3.63) is 51.6 Å². The summed E-state index contributed by atoms with van der Waals surface area (Å²) in [6.07, 6.45) is 4.44. The van der Waals surface area contributed by atoms with Crippen LogP contribution in [0.2, 0.25) is 0 Å². The number of pyridine rings is 1. The van der Waals surface area contributed by atoms with E-state index in [1.807, 2.05) is 25.1 Å². The Kier molecular flexibility index (Phi) is 3.17. The normalized spacial score (nSPS) is 16.1. The number of anilines is 1. The second-order valence-corrected chi connectivity index (χ2v) is 7.08. The fourth-order valence-corrected chi connectivity index (χ4v) is 3.87. The van der Waals surface area contributed by atoms with Crippen LogP contribution in [0.1, 0.15) is 29.8 Å². The Bertz CT molecular complexity index is 1050. The van der Waals surface area contributed by atoms with Crippen molar-refractivity contribution in [2.24, 2.45) is 0 Å². The maximum absolute atomic E-state index is 12.1. The van der Waals surface area contributed by atoms with E-state index in [2.05, 4.69) is 16.0 Å². The number of nitrogens with zero attached hydrogens (tertiary/aromatic N) is 3. The van der Waals surface area contributed by atoms with Crippen molar-refractivity contribution in [1.82, 2.24) is 15.0 Å². The Hall–Kier alpha value is -2.69. The van der Waals surface area contributed by atoms with Gasteiger partial charge in [-0.1, -0.05) is 6.07 Å². The SMILES string of the molecule is Cc1cc2cc(-c3nc(N4CCC4)nc4c3CCC4)ccc2c(=O)[nH]1. The minimum Gasteiger partial charge on any atom is -0.341 e. The molecule has 3 heterocycles. The van der Waals surface area contributed by atoms with Crippen molar-refractivity contribution in [1.29, 1.82) is 0 Å². The van der Waals surface area contributed by atoms with Gasteiger partial charge in [-0.25, -0.2) is 9.97 Å². The van der Waals surface area contributed by atoms with Gasteiger partial charge < -0.3 is 9.88 Å². The van der Waals surface area contributed by atoms with Crippen molar-refractivity contribution in [2.45, 2.75) is 32.6 Å². The van der Waals surface area contributed by atoms with E-state index in [-0.39, 0.29) is 5.56 Å². The molecule has 0 unspecified atom stereocenters. The van der Waals surface area contributed by atoms with Crippen LogP contribution in [0.5, 0.6) is 0 Å². The first-order valence-electron chi connectivity index (χ1n) is 8.98. The zero-order chi connectivity index (χ0) is 17.0. The topological polar surface area (TPSA) is 61.9 Å². The number of hydrogen-bond donors (Lipinski definition) is 1. The van der Waals surface area contributed by atoms with E-state index >= 15 is 0 Å². The highest BCUT2D eigenvalue weighted by atomic mass is 16.1. The molecule has 0 spiro atoms. The lowest BCUT2D eigenvalue weighted by Gasteiger charge is -2.31. The standard InChI is InChI=1S/C20H20N4O/c1-12-10-14-11-13(6-7-15(14)19(25)21-12)18-16-4-2-5-17(16)22-20(23-18)24-8-3-9-24/h6-7,10-11H,2-5,8-9H2,1H3,(H,21,25). The van der Waals surface area contributed by atoms with E-state index in [1.54, 1.807) is 0 Å². The first-order valence-corrected chi connectivity index (χ1v) is 8.98. The van der Waals surface area contributed by atoms with Gasteiger partial charge in [0.15, 0.2) is 0 Å². The fraction of sp³-hybridized carbons (Fsp3) is 0.350. The van der Waals surface area contributed by atoms with Crippen LogP contribution in [0.4, 0.5) is 5.95 Å². The Labute approximate surface area is 145 Å². The molecule has 1 aromatic carbocycles. The van der Waals surface area contributed by atoms with Gasteiger partial charge in [-0.05, 0) is 56.2 Å². The molecule has 5 heteroatoms. The highest BCUT2D eigenvalue weighted by Crippen LogP contribution is 2.33. The number of H-pyrrole nitrogens is 1. The maximum Gasteiger partial charge on any atom is 0.256 e. The monoisotopic (exact) mass is 332 g/mol. The van der Waals surface area contributed by atoms with Gasteiger partial charge in [0.1, 0.15) is 0 Å². The molecule has 5 nitrogen and oxygen atoms in total. The molecule has 0 saturated carbocycles. The third kappa shape index (κ3) is 2.34. The molecule has 2 aromatic heterocycles. The minimum atomic E-state index is -0.0317. The number of benzene rings is 1. The molecule has 0 atom stereocenters. The Balaban J connectivity index is 1.71. The lowest BCUT2D eigenvalue weighted by atomic mass is 10.0. The predicted molar refractivity (Wildman–Crippen MR) is 99.2 cm³/mol. The zero-order valence-corrected chi connectivity index (χ0v) is 14.3. The molecular formula is C20H20N4O. The summed E-state index contributed by atoms with van der Waals surface area (Å²) in [5.41, 5.74) is 5.46. The van der Waals surface area contributed by atoms with E-state index in [0.717, 1.165) is 66.0 Å². The molecule has 1 aliphatic heterocycles. The zero-order valence-electron chi connectivity index (χ0n) is 14.3. The van der Waals surface area contributed by atoms with Crippen LogP contribution in [-0.4, -0.2) is 28.0 Å². The molecule has 1 fully saturated rings. The number of aryl methyl sites for hydroxylation is 2. The summed E-state index contributed by atoms with van der Waals surface area (Å²) in [5.74, 6) is 0.865. The van der Waals surface area contributed by atoms with Gasteiger partial charge >= 0.3 is 0 Å². The van der Waals surface area contributed by atoms with Gasteiger partial charge in [0.25, 0.3) is 5.56 Å². The minimum absolute atomic E-state index is 0.0317. The number of aromatic nitrogens is 3. The molecule has 0 radical (unpaired) electrons. The first kappa shape index (κ1) is 14.6. The molecule has 1 saturated heterocycles. The molecule has 25 heavy (non-hydrogen) atoms. The van der Waals surface area contributed by atoms with Crippen molar-refractivity contribution < 1.29 is 0 Å². The van der Waals surface area contributed by atoms with Crippen LogP contribution in [0.25, 0.3) is 22.0 Å². The third-order valence-electron chi connectivity index (χ3n) is 5.31. The van der Waals surface area contributed by atoms with Crippen molar-refractivity contribution >= 4 is 16.7 Å². The van der Waals surface area contributed by atoms with Gasteiger partial charge in [0.05, 0.1) is 5.69 Å². The predicted octanol–water partition coefficient (Wildman–Crippen LogP) is 2.99. The molecule has 0 bridgehead atoms. The largest absolute Gasteiger partial charge is 0.341 e. The van der Waals surface area contributed by atoms with Crippen molar-refractivity contribution in [2.75, 3.05) is 18.0 Å². The average molecular weight is 332 g/mol. The number of aromatic amines is 1. The van der Waals surface area contributed by atoms with E-state index in [1.165, 1.54) is 17.7 Å². The van der Waals surface area contributed by atoms with Gasteiger partial charge in [-0.3, -0.25) is 4.79 Å². The van der Waals surface area contributed by atoms with Crippen LogP contribution in [0, 0.1) is 6.92 Å². The molecule has 1 N–H and O–H groups in total. The summed E-state index contributed by atoms with van der Waals surface area (Å²) in [6, 6.07) is 8.06. The summed E-state index contributed by atoms with van der Waals surface area (Å²) in [5, 5.41) is 1.69. The second kappa shape index (κ2) is 5.41. The van der Waals surface area contributed by atoms with E-state index in [9.17, 15) is 4.79 Å². The molecular weight excluding hydrogens is 312 g/mol. The fourth-order valence-electron chi connectivity index (χ4n) is 3.87. The smallest absolute Gasteiger partial charge is 0.256 e. The number of rotatable bonds is 2. The molecule has 0 amide bonds. The Morgan fingerprint density at radius 1 is 1.08 bits per heavy atom. The molecule has 126 valence electrons. The van der Waals surface area contributed by atoms with Crippen LogP contribution >= 0.6 is 0 Å². The number of nitrogens with one attached hydrogen (secondary N) is 1. The van der Waals surface area contributed by atoms with Crippen LogP contribution in [0.15, 0.2) is 29.1 Å². The van der Waals surface area contributed by atoms with E-state index < -0.39 is 0 Å². The van der Waals surface area contributed by atoms with Gasteiger partial charge in [-0.15, -0.1) is 0 Å². The third-order valence-corrected chi connectivity index (χ3v) is 5.31. The highest BCUT2D eigenvalue weighted by molar-refractivity contribution is 5.87. The van der Waals surface area contributed by atoms with Crippen LogP contribution in [-0.2, 0) is 12.8 Å². The summed E-state index contributed by atoms with van der Waals surface area (Å²) in [4.78, 5) is 27.0. The quantitative estimate of drug-likeness (QED) is 0.784. The van der Waals surface area contributed by atoms with Crippen LogP contribution in [0.3, 0.4) is 0 Å². The first-order chi connectivity index (χ1) is 12.2. The molecule has 5 rings (SSSR count). The van der Waals surface area contributed by atoms with Crippen molar-refractivity contribution in [3.8, 4) is 11.3 Å². The maximum atomic E-state index is 12.1. The second-order valence-electron chi connectivity index (χ2n) is 7.08. The summed E-state index contributed by atoms with van der Waals surface area (Å²) < 4.78 is 0. The van der Waals surface area contributed by atoms with Gasteiger partial charge in [0, 0.05) is 41.0 Å². The summed E-state index contributed by atoms with van der Waals surface area (Å²) in [6.45, 7) is 4.01. The molecule has 2 aliphatic rings. The Morgan fingerprint density at radius 2 is 1.96 bits per heavy atom. The lowest BCUT2D eigenvalue weighted by Crippen LogP contribution is -2.38. The van der Waals surface area contributed by atoms with Gasteiger partial charge in [0.2, 0.25) is 5.95 Å². The average Bonchev–Trinajstić information content (AvgIpc) is 3.00. The van der Waals surface area contributed by atoms with E-state index in [0.29, 0.717) is 0 Å². The van der Waals surface area contributed by atoms with Gasteiger partial charge in [-0.2, -0.15) is 0 Å². The number of hydrogen-bond acceptors (Lipinski definition) is 4. The lowest BCUT2D eigenvalue weighted by molar-refractivity contribution is 0.599. The highest BCUT2D eigenvalue weighted by Gasteiger charge is 2.24. The number of fused-ring (bicyclic) bond motifs is 2. The van der Waals surface area contributed by atoms with E-state index in [4.69, 9.17) is 9.97 Å². The summed E-state index contributed by atoms with van der Waals surface area (Å²) >= 11 is 0. The van der Waals surface area contributed by atoms with Crippen molar-refractivity contribution in [3.63, 3.8) is 0 Å². The Morgan fingerprint density at radius 3 is 2.76 bits per heavy atom. The summed E-state index contributed by atoms with van der Waals surface area (Å²) in [7, 11) is 0. The van der Waals surface area contributed by atoms with Crippen LogP contribution < -0.4 is 10.5 Å².